The highest BCUT2D eigenvalue weighted by Crippen LogP contribution is 2.23. The van der Waals surface area contributed by atoms with E-state index in [0.29, 0.717) is 11.7 Å². The van der Waals surface area contributed by atoms with Gasteiger partial charge in [0.25, 0.3) is 0 Å². The second-order valence-corrected chi connectivity index (χ2v) is 3.59. The summed E-state index contributed by atoms with van der Waals surface area (Å²) in [7, 11) is 0. The monoisotopic (exact) mass is 203 g/mol. The summed E-state index contributed by atoms with van der Waals surface area (Å²) in [5.41, 5.74) is 6.43. The van der Waals surface area contributed by atoms with Crippen molar-refractivity contribution in [3.63, 3.8) is 0 Å². The van der Waals surface area contributed by atoms with Crippen LogP contribution in [0.4, 0.5) is 5.82 Å². The van der Waals surface area contributed by atoms with Crippen LogP contribution in [0.3, 0.4) is 0 Å². The Bertz CT molecular complexity index is 482. The molecular formula is C11H13N3O. The van der Waals surface area contributed by atoms with Crippen LogP contribution >= 0.6 is 0 Å². The molecule has 2 heterocycles. The highest BCUT2D eigenvalue weighted by Gasteiger charge is 2.08. The van der Waals surface area contributed by atoms with Gasteiger partial charge >= 0.3 is 0 Å². The number of nitrogens with zero attached hydrogens (tertiary/aromatic N) is 2. The third-order valence-electron chi connectivity index (χ3n) is 1.92. The first kappa shape index (κ1) is 9.71. The molecule has 0 amide bonds. The highest BCUT2D eigenvalue weighted by molar-refractivity contribution is 5.84. The van der Waals surface area contributed by atoms with E-state index in [9.17, 15) is 0 Å². The van der Waals surface area contributed by atoms with E-state index in [1.807, 2.05) is 26.0 Å². The Morgan fingerprint density at radius 1 is 1.40 bits per heavy atom. The maximum atomic E-state index is 5.68. The van der Waals surface area contributed by atoms with Gasteiger partial charge in [0.05, 0.1) is 6.10 Å². The van der Waals surface area contributed by atoms with Crippen molar-refractivity contribution < 1.29 is 4.74 Å². The smallest absolute Gasteiger partial charge is 0.242 e. The van der Waals surface area contributed by atoms with Crippen LogP contribution in [0.1, 0.15) is 13.8 Å². The van der Waals surface area contributed by atoms with E-state index in [0.717, 1.165) is 10.9 Å². The summed E-state index contributed by atoms with van der Waals surface area (Å²) in [6.07, 6.45) is 1.78. The lowest BCUT2D eigenvalue weighted by Crippen LogP contribution is -2.08. The number of aromatic nitrogens is 2. The molecule has 4 nitrogen and oxygen atoms in total. The van der Waals surface area contributed by atoms with Gasteiger partial charge in [0.1, 0.15) is 11.3 Å². The fraction of sp³-hybridized carbons (Fsp3) is 0.273. The van der Waals surface area contributed by atoms with Crippen LogP contribution in [0, 0.1) is 0 Å². The number of ether oxygens (including phenoxy) is 1. The van der Waals surface area contributed by atoms with Crippen LogP contribution in [0.15, 0.2) is 24.4 Å². The van der Waals surface area contributed by atoms with E-state index in [4.69, 9.17) is 10.5 Å². The van der Waals surface area contributed by atoms with Crippen LogP contribution in [0.25, 0.3) is 10.9 Å². The largest absolute Gasteiger partial charge is 0.473 e. The normalized spacial score (nSPS) is 10.9. The summed E-state index contributed by atoms with van der Waals surface area (Å²) in [6, 6.07) is 5.59. The van der Waals surface area contributed by atoms with Gasteiger partial charge in [-0.05, 0) is 26.0 Å². The van der Waals surface area contributed by atoms with E-state index in [-0.39, 0.29) is 6.10 Å². The molecule has 0 saturated heterocycles. The van der Waals surface area contributed by atoms with Gasteiger partial charge in [-0.3, -0.25) is 4.98 Å². The van der Waals surface area contributed by atoms with Gasteiger partial charge in [0, 0.05) is 11.6 Å². The predicted octanol–water partition coefficient (Wildman–Crippen LogP) is 2.00. The number of pyridine rings is 2. The number of nitrogens with two attached hydrogens (primary N) is 1. The quantitative estimate of drug-likeness (QED) is 0.810. The number of rotatable bonds is 2. The molecule has 2 rings (SSSR count). The summed E-state index contributed by atoms with van der Waals surface area (Å²) in [6.45, 7) is 3.89. The van der Waals surface area contributed by atoms with Gasteiger partial charge < -0.3 is 10.5 Å². The molecule has 0 fully saturated rings. The predicted molar refractivity (Wildman–Crippen MR) is 59.7 cm³/mol. The van der Waals surface area contributed by atoms with E-state index in [2.05, 4.69) is 9.97 Å². The van der Waals surface area contributed by atoms with Gasteiger partial charge in [-0.25, -0.2) is 0 Å². The third kappa shape index (κ3) is 1.98. The number of hydrogen-bond acceptors (Lipinski definition) is 4. The Labute approximate surface area is 88.1 Å². The van der Waals surface area contributed by atoms with Gasteiger partial charge in [-0.15, -0.1) is 0 Å². The SMILES string of the molecule is CC(C)Oc1nc(N)cc2cccnc12. The minimum absolute atomic E-state index is 0.0597. The summed E-state index contributed by atoms with van der Waals surface area (Å²) >= 11 is 0. The van der Waals surface area contributed by atoms with Crippen LogP contribution in [-0.2, 0) is 0 Å². The second-order valence-electron chi connectivity index (χ2n) is 3.59. The Morgan fingerprint density at radius 3 is 2.93 bits per heavy atom. The molecule has 78 valence electrons. The Hall–Kier alpha value is -1.84. The highest BCUT2D eigenvalue weighted by atomic mass is 16.5. The number of anilines is 1. The fourth-order valence-electron chi connectivity index (χ4n) is 1.38. The topological polar surface area (TPSA) is 61.0 Å². The molecule has 2 aromatic rings. The number of fused-ring (bicyclic) bond motifs is 1. The first-order valence-corrected chi connectivity index (χ1v) is 4.84. The van der Waals surface area contributed by atoms with Crippen molar-refractivity contribution >= 4 is 16.7 Å². The van der Waals surface area contributed by atoms with Crippen LogP contribution in [0.5, 0.6) is 5.88 Å². The molecule has 0 bridgehead atoms. The maximum absolute atomic E-state index is 5.68. The lowest BCUT2D eigenvalue weighted by atomic mass is 10.2. The zero-order valence-electron chi connectivity index (χ0n) is 8.77. The molecule has 0 aliphatic rings. The van der Waals surface area contributed by atoms with E-state index >= 15 is 0 Å². The first-order valence-electron chi connectivity index (χ1n) is 4.84. The fourth-order valence-corrected chi connectivity index (χ4v) is 1.38. The summed E-state index contributed by atoms with van der Waals surface area (Å²) in [5, 5.41) is 0.945. The number of nitrogen functional groups attached to an aromatic ring is 1. The standard InChI is InChI=1S/C11H13N3O/c1-7(2)15-11-10-8(4-3-5-13-10)6-9(12)14-11/h3-7H,1-2H3,(H2,12,14). The third-order valence-corrected chi connectivity index (χ3v) is 1.92. The summed E-state index contributed by atoms with van der Waals surface area (Å²) in [4.78, 5) is 8.37. The molecule has 15 heavy (non-hydrogen) atoms. The lowest BCUT2D eigenvalue weighted by Gasteiger charge is -2.10. The molecule has 0 radical (unpaired) electrons. The van der Waals surface area contributed by atoms with Crippen LogP contribution in [0.2, 0.25) is 0 Å². The van der Waals surface area contributed by atoms with Crippen LogP contribution in [-0.4, -0.2) is 16.1 Å². The molecule has 0 aliphatic carbocycles. The van der Waals surface area contributed by atoms with Gasteiger partial charge in [0.15, 0.2) is 0 Å². The lowest BCUT2D eigenvalue weighted by molar-refractivity contribution is 0.236. The van der Waals surface area contributed by atoms with Crippen molar-refractivity contribution in [3.8, 4) is 5.88 Å². The molecule has 0 unspecified atom stereocenters. The summed E-state index contributed by atoms with van der Waals surface area (Å²) < 4.78 is 5.55. The molecule has 2 N–H and O–H groups in total. The second kappa shape index (κ2) is 3.73. The van der Waals surface area contributed by atoms with Gasteiger partial charge in [0.2, 0.25) is 5.88 Å². The zero-order valence-corrected chi connectivity index (χ0v) is 8.77. The molecule has 0 spiro atoms. The van der Waals surface area contributed by atoms with Crippen molar-refractivity contribution in [3.05, 3.63) is 24.4 Å². The molecular weight excluding hydrogens is 190 g/mol. The minimum atomic E-state index is 0.0597. The van der Waals surface area contributed by atoms with E-state index in [1.165, 1.54) is 0 Å². The number of hydrogen-bond donors (Lipinski definition) is 1. The average Bonchev–Trinajstić information content (AvgIpc) is 2.16. The minimum Gasteiger partial charge on any atom is -0.473 e. The maximum Gasteiger partial charge on any atom is 0.242 e. The van der Waals surface area contributed by atoms with E-state index < -0.39 is 0 Å². The molecule has 4 heteroatoms. The van der Waals surface area contributed by atoms with Crippen molar-refractivity contribution in [2.45, 2.75) is 20.0 Å². The van der Waals surface area contributed by atoms with Crippen molar-refractivity contribution in [1.29, 1.82) is 0 Å². The molecule has 0 atom stereocenters. The molecule has 0 aromatic carbocycles. The molecule has 0 saturated carbocycles. The Kier molecular flexibility index (Phi) is 2.41. The van der Waals surface area contributed by atoms with Crippen molar-refractivity contribution in [2.75, 3.05) is 5.73 Å². The molecule has 0 aliphatic heterocycles. The summed E-state index contributed by atoms with van der Waals surface area (Å²) in [5.74, 6) is 0.951. The van der Waals surface area contributed by atoms with Gasteiger partial charge in [-0.1, -0.05) is 6.07 Å². The van der Waals surface area contributed by atoms with Crippen molar-refractivity contribution in [2.24, 2.45) is 0 Å². The average molecular weight is 203 g/mol. The van der Waals surface area contributed by atoms with Crippen molar-refractivity contribution in [1.82, 2.24) is 9.97 Å². The Morgan fingerprint density at radius 2 is 2.20 bits per heavy atom. The van der Waals surface area contributed by atoms with Gasteiger partial charge in [-0.2, -0.15) is 4.98 Å². The first-order chi connectivity index (χ1) is 7.16. The van der Waals surface area contributed by atoms with E-state index in [1.54, 1.807) is 12.3 Å². The van der Waals surface area contributed by atoms with Crippen LogP contribution < -0.4 is 10.5 Å². The zero-order chi connectivity index (χ0) is 10.8. The molecule has 2 aromatic heterocycles. The Balaban J connectivity index is 2.60.